The molecule has 6 heteroatoms. The van der Waals surface area contributed by atoms with E-state index in [1.165, 1.54) is 17.0 Å². The van der Waals surface area contributed by atoms with Crippen LogP contribution in [0.5, 0.6) is 5.75 Å². The zero-order valence-corrected chi connectivity index (χ0v) is 12.5. The maximum atomic E-state index is 13.6. The van der Waals surface area contributed by atoms with Gasteiger partial charge in [0.2, 0.25) is 5.91 Å². The fraction of sp³-hybridized carbons (Fsp3) is 0.176. The van der Waals surface area contributed by atoms with Crippen LogP contribution in [-0.2, 0) is 4.79 Å². The summed E-state index contributed by atoms with van der Waals surface area (Å²) in [6.45, 7) is 0.303. The van der Waals surface area contributed by atoms with E-state index < -0.39 is 11.7 Å². The minimum atomic E-state index is -0.508. The Kier molecular flexibility index (Phi) is 3.97. The molecule has 0 aliphatic carbocycles. The van der Waals surface area contributed by atoms with Gasteiger partial charge in [0.05, 0.1) is 24.4 Å². The highest BCUT2D eigenvalue weighted by Crippen LogP contribution is 2.31. The molecule has 1 heterocycles. The summed E-state index contributed by atoms with van der Waals surface area (Å²) in [5.74, 6) is -0.509. The molecule has 23 heavy (non-hydrogen) atoms. The van der Waals surface area contributed by atoms with Gasteiger partial charge in [0.1, 0.15) is 11.6 Å². The number of halogens is 1. The van der Waals surface area contributed by atoms with Gasteiger partial charge in [-0.15, -0.1) is 0 Å². The van der Waals surface area contributed by atoms with Gasteiger partial charge in [-0.1, -0.05) is 12.1 Å². The summed E-state index contributed by atoms with van der Waals surface area (Å²) in [5.41, 5.74) is 0.943. The number of carbonyl (C=O) groups is 2. The number of hydrogen-bond acceptors (Lipinski definition) is 3. The molecule has 3 rings (SSSR count). The lowest BCUT2D eigenvalue weighted by atomic mass is 10.1. The second-order valence-corrected chi connectivity index (χ2v) is 5.17. The van der Waals surface area contributed by atoms with Gasteiger partial charge in [0, 0.05) is 12.6 Å². The summed E-state index contributed by atoms with van der Waals surface area (Å²) in [6.07, 6.45) is 0.280. The van der Waals surface area contributed by atoms with Crippen LogP contribution < -0.4 is 15.0 Å². The molecule has 2 amide bonds. The monoisotopic (exact) mass is 314 g/mol. The predicted octanol–water partition coefficient (Wildman–Crippen LogP) is 2.82. The number of hydrogen-bond donors (Lipinski definition) is 1. The van der Waals surface area contributed by atoms with Crippen LogP contribution in [0.2, 0.25) is 0 Å². The van der Waals surface area contributed by atoms with Crippen LogP contribution in [0.4, 0.5) is 15.8 Å². The topological polar surface area (TPSA) is 58.6 Å². The molecule has 0 radical (unpaired) electrons. The molecule has 0 saturated heterocycles. The molecule has 5 nitrogen and oxygen atoms in total. The van der Waals surface area contributed by atoms with E-state index in [4.69, 9.17) is 4.74 Å². The van der Waals surface area contributed by atoms with Gasteiger partial charge in [0.15, 0.2) is 0 Å². The Labute approximate surface area is 132 Å². The highest BCUT2D eigenvalue weighted by Gasteiger charge is 2.21. The van der Waals surface area contributed by atoms with Gasteiger partial charge in [-0.2, -0.15) is 0 Å². The molecule has 0 fully saturated rings. The SMILES string of the molecule is CN1C(=O)CCOc2ccc(C(=O)Nc3ccccc3F)cc21. The normalized spacial score (nSPS) is 13.8. The Bertz CT molecular complexity index is 776. The van der Waals surface area contributed by atoms with E-state index >= 15 is 0 Å². The molecular formula is C17H15FN2O3. The molecular weight excluding hydrogens is 299 g/mol. The van der Waals surface area contributed by atoms with Crippen LogP contribution in [0.15, 0.2) is 42.5 Å². The van der Waals surface area contributed by atoms with Crippen LogP contribution in [0, 0.1) is 5.82 Å². The van der Waals surface area contributed by atoms with Crippen molar-refractivity contribution in [2.75, 3.05) is 23.9 Å². The van der Waals surface area contributed by atoms with Crippen LogP contribution in [0.1, 0.15) is 16.8 Å². The average Bonchev–Trinajstić information content (AvgIpc) is 2.69. The Morgan fingerprint density at radius 1 is 1.26 bits per heavy atom. The van der Waals surface area contributed by atoms with E-state index in [0.29, 0.717) is 23.6 Å². The Hall–Kier alpha value is -2.89. The Balaban J connectivity index is 1.89. The lowest BCUT2D eigenvalue weighted by molar-refractivity contribution is -0.118. The molecule has 118 valence electrons. The summed E-state index contributed by atoms with van der Waals surface area (Å²) >= 11 is 0. The first-order chi connectivity index (χ1) is 11.1. The van der Waals surface area contributed by atoms with Crippen molar-refractivity contribution in [1.82, 2.24) is 0 Å². The van der Waals surface area contributed by atoms with Crippen molar-refractivity contribution >= 4 is 23.2 Å². The first-order valence-corrected chi connectivity index (χ1v) is 7.15. The Morgan fingerprint density at radius 2 is 2.04 bits per heavy atom. The number of fused-ring (bicyclic) bond motifs is 1. The molecule has 0 atom stereocenters. The number of nitrogens with one attached hydrogen (secondary N) is 1. The van der Waals surface area contributed by atoms with Gasteiger partial charge in [-0.05, 0) is 30.3 Å². The second kappa shape index (κ2) is 6.08. The summed E-state index contributed by atoms with van der Waals surface area (Å²) in [7, 11) is 1.63. The summed E-state index contributed by atoms with van der Waals surface area (Å²) < 4.78 is 19.1. The van der Waals surface area contributed by atoms with Crippen molar-refractivity contribution in [3.05, 3.63) is 53.8 Å². The molecule has 1 aliphatic rings. The van der Waals surface area contributed by atoms with Gasteiger partial charge >= 0.3 is 0 Å². The van der Waals surface area contributed by atoms with Crippen molar-refractivity contribution in [2.24, 2.45) is 0 Å². The van der Waals surface area contributed by atoms with Gasteiger partial charge < -0.3 is 15.0 Å². The molecule has 2 aromatic rings. The van der Waals surface area contributed by atoms with Crippen LogP contribution >= 0.6 is 0 Å². The molecule has 0 saturated carbocycles. The van der Waals surface area contributed by atoms with Crippen molar-refractivity contribution in [1.29, 1.82) is 0 Å². The maximum Gasteiger partial charge on any atom is 0.255 e. The molecule has 0 unspecified atom stereocenters. The number of ether oxygens (including phenoxy) is 1. The van der Waals surface area contributed by atoms with E-state index in [-0.39, 0.29) is 18.0 Å². The van der Waals surface area contributed by atoms with Crippen LogP contribution in [0.3, 0.4) is 0 Å². The maximum absolute atomic E-state index is 13.6. The third-order valence-corrected chi connectivity index (χ3v) is 3.65. The first kappa shape index (κ1) is 15.0. The Morgan fingerprint density at radius 3 is 2.83 bits per heavy atom. The van der Waals surface area contributed by atoms with Crippen molar-refractivity contribution < 1.29 is 18.7 Å². The lowest BCUT2D eigenvalue weighted by Gasteiger charge is -2.17. The highest BCUT2D eigenvalue weighted by molar-refractivity contribution is 6.06. The number of para-hydroxylation sites is 1. The standard InChI is InChI=1S/C17H15FN2O3/c1-20-14-10-11(6-7-15(14)23-9-8-16(20)21)17(22)19-13-5-3-2-4-12(13)18/h2-7,10H,8-9H2,1H3,(H,19,22). The fourth-order valence-corrected chi connectivity index (χ4v) is 2.35. The molecule has 0 spiro atoms. The number of carbonyl (C=O) groups excluding carboxylic acids is 2. The number of amides is 2. The van der Waals surface area contributed by atoms with Crippen molar-refractivity contribution in [3.63, 3.8) is 0 Å². The molecule has 2 aromatic carbocycles. The summed E-state index contributed by atoms with van der Waals surface area (Å²) in [4.78, 5) is 25.7. The minimum absolute atomic E-state index is 0.0876. The highest BCUT2D eigenvalue weighted by atomic mass is 19.1. The van der Waals surface area contributed by atoms with Crippen molar-refractivity contribution in [2.45, 2.75) is 6.42 Å². The van der Waals surface area contributed by atoms with Crippen molar-refractivity contribution in [3.8, 4) is 5.75 Å². The zero-order valence-electron chi connectivity index (χ0n) is 12.5. The third kappa shape index (κ3) is 3.01. The van der Waals surface area contributed by atoms with Crippen LogP contribution in [-0.4, -0.2) is 25.5 Å². The van der Waals surface area contributed by atoms with Gasteiger partial charge in [-0.25, -0.2) is 4.39 Å². The van der Waals surface area contributed by atoms with E-state index in [0.717, 1.165) is 0 Å². The summed E-state index contributed by atoms with van der Waals surface area (Å²) in [5, 5.41) is 2.52. The fourth-order valence-electron chi connectivity index (χ4n) is 2.35. The number of rotatable bonds is 2. The molecule has 1 aliphatic heterocycles. The number of anilines is 2. The van der Waals surface area contributed by atoms with E-state index in [2.05, 4.69) is 5.32 Å². The number of benzene rings is 2. The molecule has 0 bridgehead atoms. The first-order valence-electron chi connectivity index (χ1n) is 7.15. The minimum Gasteiger partial charge on any atom is -0.491 e. The van der Waals surface area contributed by atoms with E-state index in [1.54, 1.807) is 37.4 Å². The average molecular weight is 314 g/mol. The predicted molar refractivity (Wildman–Crippen MR) is 84.3 cm³/mol. The van der Waals surface area contributed by atoms with E-state index in [1.807, 2.05) is 0 Å². The zero-order chi connectivity index (χ0) is 16.4. The van der Waals surface area contributed by atoms with Gasteiger partial charge in [-0.3, -0.25) is 9.59 Å². The van der Waals surface area contributed by atoms with Crippen LogP contribution in [0.25, 0.3) is 0 Å². The number of nitrogens with zero attached hydrogens (tertiary/aromatic N) is 1. The van der Waals surface area contributed by atoms with Gasteiger partial charge in [0.25, 0.3) is 5.91 Å². The quantitative estimate of drug-likeness (QED) is 0.927. The summed E-state index contributed by atoms with van der Waals surface area (Å²) in [6, 6.07) is 10.7. The largest absolute Gasteiger partial charge is 0.491 e. The van der Waals surface area contributed by atoms with E-state index in [9.17, 15) is 14.0 Å². The lowest BCUT2D eigenvalue weighted by Crippen LogP contribution is -2.25. The smallest absolute Gasteiger partial charge is 0.255 e. The second-order valence-electron chi connectivity index (χ2n) is 5.17. The molecule has 1 N–H and O–H groups in total. The third-order valence-electron chi connectivity index (χ3n) is 3.65. The molecule has 0 aromatic heterocycles.